The first-order valence-electron chi connectivity index (χ1n) is 7.20. The van der Waals surface area contributed by atoms with E-state index in [1.807, 2.05) is 31.1 Å². The van der Waals surface area contributed by atoms with Crippen LogP contribution in [0.25, 0.3) is 10.8 Å². The van der Waals surface area contributed by atoms with Gasteiger partial charge in [-0.1, -0.05) is 24.3 Å². The topological polar surface area (TPSA) is 86.7 Å². The molecule has 0 aromatic heterocycles. The monoisotopic (exact) mass is 368 g/mol. The number of nitrogens with zero attached hydrogens (tertiary/aromatic N) is 1. The third-order valence-electron chi connectivity index (χ3n) is 3.78. The smallest absolute Gasteiger partial charge is 0.325 e. The van der Waals surface area contributed by atoms with Gasteiger partial charge in [0.1, 0.15) is 5.54 Å². The average molecular weight is 368 g/mol. The number of anilines is 1. The van der Waals surface area contributed by atoms with Crippen molar-refractivity contribution in [1.29, 1.82) is 0 Å². The number of carboxylic acid groups (broad SMARTS) is 1. The molecule has 2 N–H and O–H groups in total. The number of carbonyl (C=O) groups is 1. The van der Waals surface area contributed by atoms with E-state index >= 15 is 0 Å². The summed E-state index contributed by atoms with van der Waals surface area (Å²) < 4.78 is 27.8. The van der Waals surface area contributed by atoms with Crippen LogP contribution >= 0.6 is 12.6 Å². The molecule has 0 radical (unpaired) electrons. The maximum absolute atomic E-state index is 12.8. The molecule has 1 atom stereocenters. The van der Waals surface area contributed by atoms with Crippen LogP contribution in [0, 0.1) is 0 Å². The maximum atomic E-state index is 12.8. The lowest BCUT2D eigenvalue weighted by molar-refractivity contribution is -0.142. The highest BCUT2D eigenvalue weighted by molar-refractivity contribution is 7.90. The van der Waals surface area contributed by atoms with Gasteiger partial charge in [-0.3, -0.25) is 4.79 Å². The molecule has 0 aliphatic heterocycles. The van der Waals surface area contributed by atoms with E-state index in [9.17, 15) is 18.3 Å². The van der Waals surface area contributed by atoms with Crippen molar-refractivity contribution < 1.29 is 18.3 Å². The summed E-state index contributed by atoms with van der Waals surface area (Å²) in [7, 11) is -0.299. The highest BCUT2D eigenvalue weighted by atomic mass is 32.2. The van der Waals surface area contributed by atoms with Gasteiger partial charge >= 0.3 is 5.97 Å². The molecule has 0 fully saturated rings. The Morgan fingerprint density at radius 1 is 1.21 bits per heavy atom. The molecule has 1 unspecified atom stereocenters. The van der Waals surface area contributed by atoms with Crippen molar-refractivity contribution in [3.8, 4) is 0 Å². The van der Waals surface area contributed by atoms with Gasteiger partial charge in [0.05, 0.1) is 4.90 Å². The molecule has 0 aliphatic carbocycles. The van der Waals surface area contributed by atoms with Crippen LogP contribution in [-0.4, -0.2) is 44.9 Å². The van der Waals surface area contributed by atoms with Crippen molar-refractivity contribution >= 4 is 45.1 Å². The van der Waals surface area contributed by atoms with Crippen LogP contribution in [0.15, 0.2) is 41.3 Å². The zero-order valence-corrected chi connectivity index (χ0v) is 15.4. The maximum Gasteiger partial charge on any atom is 0.325 e. The van der Waals surface area contributed by atoms with E-state index in [2.05, 4.69) is 17.4 Å². The summed E-state index contributed by atoms with van der Waals surface area (Å²) in [5.41, 5.74) is -0.816. The third-order valence-corrected chi connectivity index (χ3v) is 6.06. The quantitative estimate of drug-likeness (QED) is 0.679. The fraction of sp³-hybridized carbons (Fsp3) is 0.312. The summed E-state index contributed by atoms with van der Waals surface area (Å²) >= 11 is 3.97. The lowest BCUT2D eigenvalue weighted by atomic mass is 10.1. The Kier molecular flexibility index (Phi) is 5.12. The summed E-state index contributed by atoms with van der Waals surface area (Å²) in [6, 6.07) is 10.3. The number of hydrogen-bond acceptors (Lipinski definition) is 5. The number of nitrogens with one attached hydrogen (secondary N) is 1. The van der Waals surface area contributed by atoms with Gasteiger partial charge in [0.25, 0.3) is 0 Å². The Labute approximate surface area is 146 Å². The third kappa shape index (κ3) is 3.35. The summed E-state index contributed by atoms with van der Waals surface area (Å²) in [5, 5.41) is 10.6. The Balaban J connectivity index is 2.64. The molecule has 24 heavy (non-hydrogen) atoms. The number of hydrogen-bond donors (Lipinski definition) is 3. The SMILES string of the molecule is CN(C)c1cccc2c(S(=O)(=O)NC(C)(CS)C(=O)O)cccc12. The molecule has 0 spiro atoms. The average Bonchev–Trinajstić information content (AvgIpc) is 2.52. The first-order chi connectivity index (χ1) is 11.1. The van der Waals surface area contributed by atoms with Crippen molar-refractivity contribution in [2.75, 3.05) is 24.7 Å². The lowest BCUT2D eigenvalue weighted by Gasteiger charge is -2.24. The predicted molar refractivity (Wildman–Crippen MR) is 98.5 cm³/mol. The zero-order chi connectivity index (χ0) is 18.1. The zero-order valence-electron chi connectivity index (χ0n) is 13.6. The number of fused-ring (bicyclic) bond motifs is 1. The number of aliphatic carboxylic acids is 1. The number of sulfonamides is 1. The number of thiol groups is 1. The standard InChI is InChI=1S/C16H20N2O4S2/c1-16(10-23,15(19)20)17-24(21,22)14-9-5-6-11-12(14)7-4-8-13(11)18(2)3/h4-9,17,23H,10H2,1-3H3,(H,19,20). The van der Waals surface area contributed by atoms with E-state index in [4.69, 9.17) is 0 Å². The summed E-state index contributed by atoms with van der Waals surface area (Å²) in [6.45, 7) is 1.29. The second-order valence-corrected chi connectivity index (χ2v) is 7.89. The largest absolute Gasteiger partial charge is 0.480 e. The molecule has 8 heteroatoms. The fourth-order valence-corrected chi connectivity index (χ4v) is 4.29. The summed E-state index contributed by atoms with van der Waals surface area (Å²) in [6.07, 6.45) is 0. The number of carboxylic acids is 1. The van der Waals surface area contributed by atoms with E-state index in [1.165, 1.54) is 13.0 Å². The minimum absolute atomic E-state index is 0.0398. The van der Waals surface area contributed by atoms with Crippen molar-refractivity contribution in [3.05, 3.63) is 36.4 Å². The molecule has 0 saturated carbocycles. The minimum Gasteiger partial charge on any atom is -0.480 e. The molecule has 6 nitrogen and oxygen atoms in total. The van der Waals surface area contributed by atoms with E-state index in [1.54, 1.807) is 18.2 Å². The molecule has 0 amide bonds. The number of benzene rings is 2. The van der Waals surface area contributed by atoms with Gasteiger partial charge in [0.15, 0.2) is 0 Å². The van der Waals surface area contributed by atoms with Gasteiger partial charge in [-0.05, 0) is 19.1 Å². The lowest BCUT2D eigenvalue weighted by Crippen LogP contribution is -2.53. The fourth-order valence-electron chi connectivity index (χ4n) is 2.38. The van der Waals surface area contributed by atoms with Gasteiger partial charge in [-0.2, -0.15) is 17.4 Å². The van der Waals surface area contributed by atoms with E-state index in [0.717, 1.165) is 11.1 Å². The number of rotatable bonds is 6. The van der Waals surface area contributed by atoms with Crippen LogP contribution in [0.4, 0.5) is 5.69 Å². The normalized spacial score (nSPS) is 14.3. The molecule has 2 rings (SSSR count). The Hall–Kier alpha value is -1.77. The first-order valence-corrected chi connectivity index (χ1v) is 9.31. The Morgan fingerprint density at radius 3 is 2.33 bits per heavy atom. The molecule has 2 aromatic carbocycles. The van der Waals surface area contributed by atoms with E-state index in [0.29, 0.717) is 5.39 Å². The molecular formula is C16H20N2O4S2. The van der Waals surface area contributed by atoms with Crippen molar-refractivity contribution in [2.45, 2.75) is 17.4 Å². The van der Waals surface area contributed by atoms with Crippen LogP contribution in [0.1, 0.15) is 6.92 Å². The molecule has 2 aromatic rings. The van der Waals surface area contributed by atoms with Crippen molar-refractivity contribution in [2.24, 2.45) is 0 Å². The minimum atomic E-state index is -4.04. The van der Waals surface area contributed by atoms with Gasteiger partial charge < -0.3 is 10.0 Å². The van der Waals surface area contributed by atoms with Crippen molar-refractivity contribution in [3.63, 3.8) is 0 Å². The second kappa shape index (κ2) is 6.62. The highest BCUT2D eigenvalue weighted by Crippen LogP contribution is 2.30. The Morgan fingerprint density at radius 2 is 1.79 bits per heavy atom. The second-order valence-electron chi connectivity index (χ2n) is 5.92. The van der Waals surface area contributed by atoms with Crippen LogP contribution in [0.3, 0.4) is 0 Å². The predicted octanol–water partition coefficient (Wildman–Crippen LogP) is 1.96. The van der Waals surface area contributed by atoms with Gasteiger partial charge in [0, 0.05) is 36.3 Å². The van der Waals surface area contributed by atoms with Crippen LogP contribution in [0.5, 0.6) is 0 Å². The van der Waals surface area contributed by atoms with Gasteiger partial charge in [-0.25, -0.2) is 8.42 Å². The molecule has 0 bridgehead atoms. The van der Waals surface area contributed by atoms with Crippen molar-refractivity contribution in [1.82, 2.24) is 4.72 Å². The Bertz CT molecular complexity index is 881. The molecule has 130 valence electrons. The van der Waals surface area contributed by atoms with E-state index in [-0.39, 0.29) is 10.6 Å². The first kappa shape index (κ1) is 18.6. The molecule has 0 aliphatic rings. The molecular weight excluding hydrogens is 348 g/mol. The van der Waals surface area contributed by atoms with E-state index < -0.39 is 21.5 Å². The summed E-state index contributed by atoms with van der Waals surface area (Å²) in [4.78, 5) is 13.3. The molecule has 0 heterocycles. The highest BCUT2D eigenvalue weighted by Gasteiger charge is 2.37. The van der Waals surface area contributed by atoms with Crippen LogP contribution < -0.4 is 9.62 Å². The molecule has 0 saturated heterocycles. The van der Waals surface area contributed by atoms with Gasteiger partial charge in [-0.15, -0.1) is 0 Å². The van der Waals surface area contributed by atoms with Crippen LogP contribution in [-0.2, 0) is 14.8 Å². The van der Waals surface area contributed by atoms with Crippen LogP contribution in [0.2, 0.25) is 0 Å². The summed E-state index contributed by atoms with van der Waals surface area (Å²) in [5.74, 6) is -1.45. The van der Waals surface area contributed by atoms with Gasteiger partial charge in [0.2, 0.25) is 10.0 Å².